The first-order valence-corrected chi connectivity index (χ1v) is 5.55. The Balaban J connectivity index is 0.000000461. The molecule has 1 atom stereocenters. The molecule has 1 saturated carbocycles. The Bertz CT molecular complexity index is 207. The molecule has 3 nitrogen and oxygen atoms in total. The number of carboxylic acid groups (broad SMARTS) is 1. The van der Waals surface area contributed by atoms with E-state index in [1.165, 1.54) is 0 Å². The molecule has 82 valence electrons. The first-order chi connectivity index (χ1) is 6.64. The van der Waals surface area contributed by atoms with Crippen LogP contribution >= 0.6 is 0 Å². The minimum absolute atomic E-state index is 0.0220. The third kappa shape index (κ3) is 2.08. The zero-order valence-electron chi connectivity index (χ0n) is 9.42. The lowest BCUT2D eigenvalue weighted by Crippen LogP contribution is -2.32. The summed E-state index contributed by atoms with van der Waals surface area (Å²) in [4.78, 5) is 13.0. The van der Waals surface area contributed by atoms with E-state index in [0.29, 0.717) is 0 Å². The molecule has 1 aliphatic heterocycles. The molecule has 0 radical (unpaired) electrons. The van der Waals surface area contributed by atoms with Gasteiger partial charge >= 0.3 is 5.97 Å². The highest BCUT2D eigenvalue weighted by molar-refractivity contribution is 5.74. The average Bonchev–Trinajstić information content (AvgIpc) is 2.89. The highest BCUT2D eigenvalue weighted by atomic mass is 16.4. The van der Waals surface area contributed by atoms with Crippen LogP contribution in [0.25, 0.3) is 0 Å². The van der Waals surface area contributed by atoms with Crippen LogP contribution in [-0.4, -0.2) is 36.1 Å². The van der Waals surface area contributed by atoms with Gasteiger partial charge in [-0.3, -0.25) is 4.79 Å². The lowest BCUT2D eigenvalue weighted by Gasteiger charge is -2.29. The summed E-state index contributed by atoms with van der Waals surface area (Å²) >= 11 is 0. The summed E-state index contributed by atoms with van der Waals surface area (Å²) in [6, 6.07) is 0. The first-order valence-electron chi connectivity index (χ1n) is 5.55. The molecular formula is C11H21NO2. The van der Waals surface area contributed by atoms with Gasteiger partial charge in [0.25, 0.3) is 0 Å². The van der Waals surface area contributed by atoms with E-state index in [0.717, 1.165) is 32.4 Å². The van der Waals surface area contributed by atoms with Gasteiger partial charge in [-0.1, -0.05) is 13.8 Å². The fourth-order valence-electron chi connectivity index (χ4n) is 2.31. The van der Waals surface area contributed by atoms with Gasteiger partial charge in [-0.05, 0) is 44.8 Å². The maximum atomic E-state index is 10.7. The van der Waals surface area contributed by atoms with Gasteiger partial charge in [0.15, 0.2) is 0 Å². The standard InChI is InChI=1S/C9H15NO2.C2H6/c1-10-4-2-9(3-5-10)6-7(9)8(11)12;1-2/h7H,2-6H2,1H3,(H,11,12);1-2H3. The molecule has 1 aliphatic carbocycles. The summed E-state index contributed by atoms with van der Waals surface area (Å²) in [6.07, 6.45) is 3.09. The zero-order chi connectivity index (χ0) is 10.8. The molecule has 1 saturated heterocycles. The molecule has 0 amide bonds. The molecule has 1 heterocycles. The predicted molar refractivity (Wildman–Crippen MR) is 56.3 cm³/mol. The number of hydrogen-bond acceptors (Lipinski definition) is 2. The van der Waals surface area contributed by atoms with E-state index >= 15 is 0 Å². The van der Waals surface area contributed by atoms with Gasteiger partial charge in [-0.15, -0.1) is 0 Å². The van der Waals surface area contributed by atoms with E-state index in [1.54, 1.807) is 0 Å². The van der Waals surface area contributed by atoms with Gasteiger partial charge in [-0.2, -0.15) is 0 Å². The van der Waals surface area contributed by atoms with Crippen molar-refractivity contribution in [3.8, 4) is 0 Å². The van der Waals surface area contributed by atoms with Crippen LogP contribution in [0, 0.1) is 11.3 Å². The molecule has 1 N–H and O–H groups in total. The fraction of sp³-hybridized carbons (Fsp3) is 0.909. The highest BCUT2D eigenvalue weighted by Gasteiger charge is 2.58. The third-order valence-electron chi connectivity index (χ3n) is 3.47. The topological polar surface area (TPSA) is 40.5 Å². The van der Waals surface area contributed by atoms with E-state index in [9.17, 15) is 4.79 Å². The van der Waals surface area contributed by atoms with Gasteiger partial charge in [0.05, 0.1) is 5.92 Å². The Labute approximate surface area is 86.1 Å². The van der Waals surface area contributed by atoms with E-state index in [-0.39, 0.29) is 11.3 Å². The SMILES string of the molecule is CC.CN1CCC2(CC1)CC2C(=O)O. The van der Waals surface area contributed by atoms with Crippen LogP contribution in [0.3, 0.4) is 0 Å². The molecule has 2 fully saturated rings. The van der Waals surface area contributed by atoms with Crippen molar-refractivity contribution in [3.63, 3.8) is 0 Å². The number of hydrogen-bond donors (Lipinski definition) is 1. The third-order valence-corrected chi connectivity index (χ3v) is 3.47. The molecule has 0 aromatic heterocycles. The lowest BCUT2D eigenvalue weighted by atomic mass is 9.91. The summed E-state index contributed by atoms with van der Waals surface area (Å²) in [5.74, 6) is -0.606. The number of piperidine rings is 1. The average molecular weight is 199 g/mol. The van der Waals surface area contributed by atoms with Crippen LogP contribution in [0.15, 0.2) is 0 Å². The number of carbonyl (C=O) groups is 1. The molecule has 0 aromatic rings. The summed E-state index contributed by atoms with van der Waals surface area (Å²) in [6.45, 7) is 6.15. The Morgan fingerprint density at radius 2 is 1.86 bits per heavy atom. The molecule has 3 heteroatoms. The van der Waals surface area contributed by atoms with Crippen LogP contribution in [0.1, 0.15) is 33.1 Å². The number of nitrogens with zero attached hydrogens (tertiary/aromatic N) is 1. The lowest BCUT2D eigenvalue weighted by molar-refractivity contribution is -0.139. The zero-order valence-corrected chi connectivity index (χ0v) is 9.42. The van der Waals surface area contributed by atoms with Gasteiger partial charge in [-0.25, -0.2) is 0 Å². The number of likely N-dealkylation sites (tertiary alicyclic amines) is 1. The maximum Gasteiger partial charge on any atom is 0.307 e. The van der Waals surface area contributed by atoms with Crippen LogP contribution in [0.4, 0.5) is 0 Å². The van der Waals surface area contributed by atoms with Crippen molar-refractivity contribution in [2.45, 2.75) is 33.1 Å². The van der Waals surface area contributed by atoms with Crippen LogP contribution in [0.5, 0.6) is 0 Å². The molecule has 0 aromatic carbocycles. The first kappa shape index (κ1) is 11.5. The van der Waals surface area contributed by atoms with Gasteiger partial charge < -0.3 is 10.0 Å². The van der Waals surface area contributed by atoms with Crippen molar-refractivity contribution < 1.29 is 9.90 Å². The highest BCUT2D eigenvalue weighted by Crippen LogP contribution is 2.59. The van der Waals surface area contributed by atoms with Crippen molar-refractivity contribution >= 4 is 5.97 Å². The van der Waals surface area contributed by atoms with Crippen molar-refractivity contribution in [2.75, 3.05) is 20.1 Å². The largest absolute Gasteiger partial charge is 0.481 e. The Morgan fingerprint density at radius 1 is 1.36 bits per heavy atom. The second-order valence-corrected chi connectivity index (χ2v) is 4.26. The van der Waals surface area contributed by atoms with E-state index in [2.05, 4.69) is 11.9 Å². The Hall–Kier alpha value is -0.570. The van der Waals surface area contributed by atoms with E-state index in [4.69, 9.17) is 5.11 Å². The van der Waals surface area contributed by atoms with Crippen molar-refractivity contribution in [1.29, 1.82) is 0 Å². The fourth-order valence-corrected chi connectivity index (χ4v) is 2.31. The second kappa shape index (κ2) is 4.30. The molecule has 2 aliphatic rings. The van der Waals surface area contributed by atoms with Crippen molar-refractivity contribution in [3.05, 3.63) is 0 Å². The maximum absolute atomic E-state index is 10.7. The molecule has 0 bridgehead atoms. The number of rotatable bonds is 1. The smallest absolute Gasteiger partial charge is 0.307 e. The Kier molecular flexibility index (Phi) is 3.53. The van der Waals surface area contributed by atoms with Gasteiger partial charge in [0.2, 0.25) is 0 Å². The summed E-state index contributed by atoms with van der Waals surface area (Å²) in [5, 5.41) is 8.82. The molecule has 1 unspecified atom stereocenters. The molecule has 14 heavy (non-hydrogen) atoms. The number of aliphatic carboxylic acids is 1. The molecule has 1 spiro atoms. The van der Waals surface area contributed by atoms with E-state index in [1.807, 2.05) is 13.8 Å². The van der Waals surface area contributed by atoms with Crippen LogP contribution in [-0.2, 0) is 4.79 Å². The predicted octanol–water partition coefficient (Wildman–Crippen LogP) is 1.83. The van der Waals surface area contributed by atoms with Crippen LogP contribution in [0.2, 0.25) is 0 Å². The quantitative estimate of drug-likeness (QED) is 0.700. The van der Waals surface area contributed by atoms with Gasteiger partial charge in [0, 0.05) is 0 Å². The van der Waals surface area contributed by atoms with Crippen LogP contribution < -0.4 is 0 Å². The normalized spacial score (nSPS) is 29.2. The van der Waals surface area contributed by atoms with Crippen molar-refractivity contribution in [2.24, 2.45) is 11.3 Å². The molecule has 2 rings (SSSR count). The minimum Gasteiger partial charge on any atom is -0.481 e. The summed E-state index contributed by atoms with van der Waals surface area (Å²) < 4.78 is 0. The van der Waals surface area contributed by atoms with Crippen molar-refractivity contribution in [1.82, 2.24) is 4.90 Å². The Morgan fingerprint density at radius 3 is 2.21 bits per heavy atom. The van der Waals surface area contributed by atoms with Gasteiger partial charge in [0.1, 0.15) is 0 Å². The molecular weight excluding hydrogens is 178 g/mol. The monoisotopic (exact) mass is 199 g/mol. The minimum atomic E-state index is -0.584. The number of carboxylic acids is 1. The van der Waals surface area contributed by atoms with E-state index < -0.39 is 5.97 Å². The summed E-state index contributed by atoms with van der Waals surface area (Å²) in [7, 11) is 2.10. The second-order valence-electron chi connectivity index (χ2n) is 4.26. The summed E-state index contributed by atoms with van der Waals surface area (Å²) in [5.41, 5.74) is 0.207.